The maximum atomic E-state index is 8.47. The molecular formula is C29H34BrN10O2P. The number of ether oxygens (including phenoxy) is 2. The zero-order valence-corrected chi connectivity index (χ0v) is 27.2. The van der Waals surface area contributed by atoms with E-state index in [2.05, 4.69) is 65.1 Å². The second-order valence-corrected chi connectivity index (χ2v) is 13.0. The van der Waals surface area contributed by atoms with Gasteiger partial charge in [-0.1, -0.05) is 7.92 Å². The van der Waals surface area contributed by atoms with Crippen LogP contribution in [0.15, 0.2) is 47.5 Å². The third-order valence-corrected chi connectivity index (χ3v) is 8.69. The molecule has 0 unspecified atom stereocenters. The van der Waals surface area contributed by atoms with Crippen LogP contribution in [0.4, 0.5) is 29.0 Å². The molecule has 4 N–H and O–H groups in total. The van der Waals surface area contributed by atoms with Crippen LogP contribution < -0.4 is 30.9 Å². The number of aromatic nitrogens is 5. The Hall–Kier alpha value is -3.93. The van der Waals surface area contributed by atoms with E-state index in [-0.39, 0.29) is 0 Å². The van der Waals surface area contributed by atoms with Gasteiger partial charge in [-0.3, -0.25) is 9.97 Å². The molecule has 1 aromatic carbocycles. The Balaban J connectivity index is 1.54. The normalized spacial score (nSPS) is 13.7. The van der Waals surface area contributed by atoms with E-state index in [0.717, 1.165) is 33.4 Å². The number of hydrogen-bond acceptors (Lipinski definition) is 12. The molecule has 12 nitrogen and oxygen atoms in total. The van der Waals surface area contributed by atoms with Gasteiger partial charge < -0.3 is 35.7 Å². The molecule has 0 spiro atoms. The lowest BCUT2D eigenvalue weighted by molar-refractivity contribution is 0.122. The first-order valence-electron chi connectivity index (χ1n) is 13.6. The highest BCUT2D eigenvalue weighted by Gasteiger charge is 2.24. The summed E-state index contributed by atoms with van der Waals surface area (Å²) < 4.78 is 12.0. The maximum Gasteiger partial charge on any atom is 0.239 e. The van der Waals surface area contributed by atoms with Crippen molar-refractivity contribution in [1.29, 1.82) is 5.41 Å². The van der Waals surface area contributed by atoms with Gasteiger partial charge in [-0.05, 0) is 54.4 Å². The Morgan fingerprint density at radius 1 is 1.09 bits per heavy atom. The van der Waals surface area contributed by atoms with Crippen molar-refractivity contribution in [2.75, 3.05) is 69.3 Å². The lowest BCUT2D eigenvalue weighted by Crippen LogP contribution is -2.37. The van der Waals surface area contributed by atoms with Crippen LogP contribution in [0, 0.1) is 5.41 Å². The molecule has 4 heterocycles. The molecule has 0 aliphatic carbocycles. The maximum absolute atomic E-state index is 8.47. The summed E-state index contributed by atoms with van der Waals surface area (Å²) in [5.41, 5.74) is 5.10. The Labute approximate surface area is 260 Å². The molecule has 43 heavy (non-hydrogen) atoms. The van der Waals surface area contributed by atoms with Crippen molar-refractivity contribution in [2.45, 2.75) is 6.92 Å². The van der Waals surface area contributed by atoms with Crippen molar-refractivity contribution in [2.24, 2.45) is 0 Å². The summed E-state index contributed by atoms with van der Waals surface area (Å²) in [6, 6.07) is 5.89. The first-order chi connectivity index (χ1) is 20.8. The quantitative estimate of drug-likeness (QED) is 0.136. The van der Waals surface area contributed by atoms with Crippen LogP contribution in [0.5, 0.6) is 5.88 Å². The number of allylic oxidation sites excluding steroid dienone is 1. The molecule has 1 fully saturated rings. The second kappa shape index (κ2) is 13.6. The Kier molecular flexibility index (Phi) is 9.64. The second-order valence-electron chi connectivity index (χ2n) is 9.91. The van der Waals surface area contributed by atoms with Crippen molar-refractivity contribution in [3.63, 3.8) is 0 Å². The Morgan fingerprint density at radius 2 is 1.86 bits per heavy atom. The molecule has 0 radical (unpaired) electrons. The van der Waals surface area contributed by atoms with Gasteiger partial charge in [0.15, 0.2) is 0 Å². The highest BCUT2D eigenvalue weighted by atomic mass is 79.9. The summed E-state index contributed by atoms with van der Waals surface area (Å²) >= 11 is 3.60. The Bertz CT molecular complexity index is 1680. The number of nitrogens with zero attached hydrogens (tertiary/aromatic N) is 6. The fourth-order valence-electron chi connectivity index (χ4n) is 4.82. The molecule has 1 aliphatic rings. The first kappa shape index (κ1) is 30.5. The molecular weight excluding hydrogens is 631 g/mol. The van der Waals surface area contributed by atoms with Crippen LogP contribution in [-0.2, 0) is 4.74 Å². The van der Waals surface area contributed by atoms with E-state index in [1.807, 2.05) is 25.2 Å². The predicted molar refractivity (Wildman–Crippen MR) is 178 cm³/mol. The van der Waals surface area contributed by atoms with Crippen LogP contribution in [0.2, 0.25) is 0 Å². The number of benzene rings is 1. The molecule has 4 aromatic rings. The van der Waals surface area contributed by atoms with E-state index < -0.39 is 7.92 Å². The highest BCUT2D eigenvalue weighted by Crippen LogP contribution is 2.37. The van der Waals surface area contributed by atoms with Crippen molar-refractivity contribution in [1.82, 2.24) is 30.2 Å². The number of fused-ring (bicyclic) bond motifs is 1. The van der Waals surface area contributed by atoms with E-state index in [1.54, 1.807) is 38.8 Å². The number of rotatable bonds is 10. The molecule has 3 aromatic heterocycles. The third kappa shape index (κ3) is 6.69. The van der Waals surface area contributed by atoms with Crippen molar-refractivity contribution >= 4 is 80.4 Å². The van der Waals surface area contributed by atoms with Gasteiger partial charge in [0.05, 0.1) is 35.8 Å². The number of hydrogen-bond donors (Lipinski definition) is 4. The van der Waals surface area contributed by atoms with Gasteiger partial charge in [0.2, 0.25) is 11.8 Å². The monoisotopic (exact) mass is 664 g/mol. The minimum absolute atomic E-state index is 0.346. The first-order valence-corrected chi connectivity index (χ1v) is 16.7. The van der Waals surface area contributed by atoms with Gasteiger partial charge in [-0.25, -0.2) is 4.98 Å². The topological polar surface area (TPSA) is 146 Å². The van der Waals surface area contributed by atoms with Crippen LogP contribution in [0.25, 0.3) is 16.6 Å². The van der Waals surface area contributed by atoms with Gasteiger partial charge in [-0.2, -0.15) is 9.97 Å². The van der Waals surface area contributed by atoms with Crippen LogP contribution in [0.3, 0.4) is 0 Å². The average Bonchev–Trinajstić information content (AvgIpc) is 3.01. The summed E-state index contributed by atoms with van der Waals surface area (Å²) in [5, 5.41) is 19.4. The number of pyridine rings is 1. The summed E-state index contributed by atoms with van der Waals surface area (Å²) in [5.74, 6) is 2.04. The summed E-state index contributed by atoms with van der Waals surface area (Å²) in [6.45, 7) is 8.71. The fourth-order valence-corrected chi connectivity index (χ4v) is 6.32. The number of nitrogens with one attached hydrogen (secondary N) is 4. The van der Waals surface area contributed by atoms with E-state index in [4.69, 9.17) is 24.9 Å². The molecule has 0 amide bonds. The lowest BCUT2D eigenvalue weighted by atomic mass is 10.0. The van der Waals surface area contributed by atoms with Crippen LogP contribution >= 0.6 is 23.9 Å². The number of morpholine rings is 1. The summed E-state index contributed by atoms with van der Waals surface area (Å²) in [4.78, 5) is 25.4. The largest absolute Gasteiger partial charge is 0.479 e. The van der Waals surface area contributed by atoms with E-state index in [0.29, 0.717) is 65.4 Å². The van der Waals surface area contributed by atoms with Crippen LogP contribution in [0.1, 0.15) is 12.5 Å². The van der Waals surface area contributed by atoms with Crippen LogP contribution in [-0.4, -0.2) is 84.4 Å². The minimum atomic E-state index is -0.507. The number of halogens is 1. The minimum Gasteiger partial charge on any atom is -0.479 e. The molecule has 0 bridgehead atoms. The number of anilines is 5. The van der Waals surface area contributed by atoms with Gasteiger partial charge in [0.25, 0.3) is 0 Å². The third-order valence-electron chi connectivity index (χ3n) is 6.76. The Morgan fingerprint density at radius 3 is 2.56 bits per heavy atom. The van der Waals surface area contributed by atoms with Gasteiger partial charge >= 0.3 is 0 Å². The molecule has 0 saturated carbocycles. The van der Waals surface area contributed by atoms with E-state index in [9.17, 15) is 0 Å². The van der Waals surface area contributed by atoms with E-state index >= 15 is 0 Å². The zero-order chi connectivity index (χ0) is 30.5. The van der Waals surface area contributed by atoms with Crippen molar-refractivity contribution in [3.8, 4) is 5.88 Å². The molecule has 224 valence electrons. The molecule has 5 rings (SSSR count). The smallest absolute Gasteiger partial charge is 0.239 e. The fraction of sp³-hybridized carbons (Fsp3) is 0.310. The highest BCUT2D eigenvalue weighted by molar-refractivity contribution is 9.10. The van der Waals surface area contributed by atoms with Gasteiger partial charge in [-0.15, -0.1) is 0 Å². The molecule has 1 aliphatic heterocycles. The standard InChI is InChI=1S/C29H34BrN10O2P/c1-17(31)19(15-32-2)18-14-23(28(41-3)39-27(18)40-10-12-42-13-11-40)37-29-35-16-20(30)26(38-29)36-22-7-6-21-24(25(22)43(4)5)34-9-8-33-21/h6-9,14-16,31-32H,10-13H2,1-5H3,(H2,35,36,37,38)/b19-15+,31-17?. The molecule has 1 saturated heterocycles. The van der Waals surface area contributed by atoms with Gasteiger partial charge in [0.1, 0.15) is 17.3 Å². The average molecular weight is 666 g/mol. The number of methoxy groups -OCH3 is 1. The summed E-state index contributed by atoms with van der Waals surface area (Å²) in [7, 11) is 2.88. The van der Waals surface area contributed by atoms with Crippen molar-refractivity contribution in [3.05, 3.63) is 53.0 Å². The van der Waals surface area contributed by atoms with Crippen molar-refractivity contribution < 1.29 is 9.47 Å². The van der Waals surface area contributed by atoms with E-state index in [1.165, 1.54) is 0 Å². The predicted octanol–water partition coefficient (Wildman–Crippen LogP) is 4.88. The SMILES string of the molecule is CN/C=C(\C(C)=N)c1cc(Nc2ncc(Br)c(Nc3ccc4nccnc4c3P(C)C)n2)c(OC)nc1N1CCOCC1. The summed E-state index contributed by atoms with van der Waals surface area (Å²) in [6.07, 6.45) is 6.91. The lowest BCUT2D eigenvalue weighted by Gasteiger charge is -2.30. The molecule has 14 heteroatoms. The molecule has 0 atom stereocenters. The van der Waals surface area contributed by atoms with Gasteiger partial charge in [0, 0.05) is 72.8 Å². The zero-order valence-electron chi connectivity index (χ0n) is 24.7.